The molecule has 6 aromatic rings. The van der Waals surface area contributed by atoms with E-state index in [-0.39, 0.29) is 28.5 Å². The van der Waals surface area contributed by atoms with Gasteiger partial charge in [-0.15, -0.1) is 0 Å². The molecule has 0 saturated heterocycles. The maximum absolute atomic E-state index is 14.8. The molecule has 2 aliphatic rings. The fourth-order valence-corrected chi connectivity index (χ4v) is 8.09. The minimum Gasteiger partial charge on any atom is -0.380 e. The van der Waals surface area contributed by atoms with E-state index in [2.05, 4.69) is 16.3 Å². The molecule has 248 valence electrons. The van der Waals surface area contributed by atoms with E-state index < -0.39 is 33.6 Å². The number of anilines is 1. The van der Waals surface area contributed by atoms with Crippen LogP contribution in [0.1, 0.15) is 57.2 Å². The number of carbonyl (C=O) groups excluding carboxylic acids is 1. The van der Waals surface area contributed by atoms with Crippen LogP contribution in [0.3, 0.4) is 0 Å². The van der Waals surface area contributed by atoms with Gasteiger partial charge in [-0.1, -0.05) is 53.7 Å². The minimum atomic E-state index is -4.82. The van der Waals surface area contributed by atoms with E-state index in [1.54, 1.807) is 18.2 Å². The molecular formula is C36H28F3N5O4S. The van der Waals surface area contributed by atoms with Crippen LogP contribution in [-0.2, 0) is 35.5 Å². The summed E-state index contributed by atoms with van der Waals surface area (Å²) in [5.41, 5.74) is 11.5. The van der Waals surface area contributed by atoms with Crippen LogP contribution in [0.2, 0.25) is 0 Å². The molecule has 1 atom stereocenters. The Morgan fingerprint density at radius 1 is 0.898 bits per heavy atom. The summed E-state index contributed by atoms with van der Waals surface area (Å²) in [7, 11) is -4.05. The van der Waals surface area contributed by atoms with Gasteiger partial charge < -0.3 is 10.3 Å². The highest BCUT2D eigenvalue weighted by Gasteiger charge is 2.40. The first-order chi connectivity index (χ1) is 23.4. The third kappa shape index (κ3) is 5.20. The molecule has 4 aromatic carbocycles. The number of nitrogen functional groups attached to an aromatic ring is 1. The van der Waals surface area contributed by atoms with Crippen molar-refractivity contribution in [2.24, 2.45) is 5.14 Å². The van der Waals surface area contributed by atoms with Gasteiger partial charge in [-0.2, -0.15) is 18.3 Å². The number of ketones is 1. The van der Waals surface area contributed by atoms with Crippen LogP contribution in [0.4, 0.5) is 19.0 Å². The number of carbonyl (C=O) groups is 1. The van der Waals surface area contributed by atoms with Crippen LogP contribution in [0, 0.1) is 0 Å². The summed E-state index contributed by atoms with van der Waals surface area (Å²) >= 11 is 0. The number of Topliss-reactive ketones (excluding diaryl/α,β-unsaturated/α-hetero) is 1. The van der Waals surface area contributed by atoms with Gasteiger partial charge in [-0.3, -0.25) is 4.79 Å². The van der Waals surface area contributed by atoms with Crippen LogP contribution >= 0.6 is 0 Å². The second-order valence-corrected chi connectivity index (χ2v) is 14.0. The number of rotatable bonds is 5. The van der Waals surface area contributed by atoms with E-state index in [4.69, 9.17) is 15.4 Å². The zero-order valence-corrected chi connectivity index (χ0v) is 26.6. The highest BCUT2D eigenvalue weighted by atomic mass is 32.2. The van der Waals surface area contributed by atoms with Crippen molar-refractivity contribution >= 4 is 32.6 Å². The lowest BCUT2D eigenvalue weighted by Crippen LogP contribution is -2.25. The number of alkyl halides is 3. The third-order valence-corrected chi connectivity index (χ3v) is 10.5. The second-order valence-electron chi connectivity index (χ2n) is 12.5. The maximum Gasteiger partial charge on any atom is 0.435 e. The molecule has 0 fully saturated rings. The van der Waals surface area contributed by atoms with E-state index in [0.29, 0.717) is 22.1 Å². The lowest BCUT2D eigenvalue weighted by molar-refractivity contribution is -0.141. The van der Waals surface area contributed by atoms with Crippen molar-refractivity contribution in [3.63, 3.8) is 0 Å². The van der Waals surface area contributed by atoms with Gasteiger partial charge in [0.25, 0.3) is 0 Å². The van der Waals surface area contributed by atoms with Crippen molar-refractivity contribution in [3.05, 3.63) is 113 Å². The number of aromatic nitrogens is 3. The third-order valence-electron chi connectivity index (χ3n) is 9.54. The molecule has 2 aliphatic carbocycles. The summed E-state index contributed by atoms with van der Waals surface area (Å²) < 4.78 is 73.6. The zero-order valence-electron chi connectivity index (χ0n) is 25.8. The van der Waals surface area contributed by atoms with Gasteiger partial charge in [0.1, 0.15) is 5.69 Å². The van der Waals surface area contributed by atoms with Crippen molar-refractivity contribution in [1.29, 1.82) is 0 Å². The van der Waals surface area contributed by atoms with Gasteiger partial charge in [0.15, 0.2) is 22.9 Å². The number of halogens is 3. The lowest BCUT2D eigenvalue weighted by Gasteiger charge is -2.32. The molecule has 13 heteroatoms. The van der Waals surface area contributed by atoms with Crippen molar-refractivity contribution in [1.82, 2.24) is 14.9 Å². The van der Waals surface area contributed by atoms with Crippen molar-refractivity contribution in [2.75, 3.05) is 5.73 Å². The van der Waals surface area contributed by atoms with Gasteiger partial charge in [0, 0.05) is 11.6 Å². The highest BCUT2D eigenvalue weighted by Crippen LogP contribution is 2.47. The van der Waals surface area contributed by atoms with Crippen LogP contribution in [-0.4, -0.2) is 29.1 Å². The molecule has 0 saturated carbocycles. The first-order valence-corrected chi connectivity index (χ1v) is 17.2. The second kappa shape index (κ2) is 11.1. The number of hydrogen-bond acceptors (Lipinski definition) is 7. The normalized spacial score (nSPS) is 15.9. The summed E-state index contributed by atoms with van der Waals surface area (Å²) in [5, 5.41) is 13.5. The minimum absolute atomic E-state index is 0.0399. The van der Waals surface area contributed by atoms with Gasteiger partial charge in [0.2, 0.25) is 10.0 Å². The highest BCUT2D eigenvalue weighted by molar-refractivity contribution is 7.89. The fourth-order valence-electron chi connectivity index (χ4n) is 7.33. The van der Waals surface area contributed by atoms with Crippen LogP contribution in [0.5, 0.6) is 0 Å². The first kappa shape index (κ1) is 31.0. The van der Waals surface area contributed by atoms with Crippen LogP contribution < -0.4 is 10.9 Å². The number of primary sulfonamides is 1. The van der Waals surface area contributed by atoms with Crippen molar-refractivity contribution < 1.29 is 30.9 Å². The van der Waals surface area contributed by atoms with Gasteiger partial charge in [0.05, 0.1) is 21.9 Å². The van der Waals surface area contributed by atoms with E-state index in [0.717, 1.165) is 69.8 Å². The molecule has 2 aromatic heterocycles. The largest absolute Gasteiger partial charge is 0.435 e. The Balaban J connectivity index is 1.31. The topological polar surface area (TPSA) is 147 Å². The molecule has 49 heavy (non-hydrogen) atoms. The monoisotopic (exact) mass is 683 g/mol. The van der Waals surface area contributed by atoms with Crippen LogP contribution in [0.25, 0.3) is 38.9 Å². The summed E-state index contributed by atoms with van der Waals surface area (Å²) in [6, 6.07) is 21.3. The Bertz CT molecular complexity index is 2450. The van der Waals surface area contributed by atoms with Crippen molar-refractivity contribution in [3.8, 4) is 27.9 Å². The summed E-state index contributed by atoms with van der Waals surface area (Å²) in [6.45, 7) is 0. The average molecular weight is 684 g/mol. The smallest absolute Gasteiger partial charge is 0.380 e. The summed E-state index contributed by atoms with van der Waals surface area (Å²) in [6.07, 6.45) is -1.12. The molecule has 8 rings (SSSR count). The summed E-state index contributed by atoms with van der Waals surface area (Å²) in [4.78, 5) is 14.8. The number of fused-ring (bicyclic) bond motifs is 6. The fraction of sp³-hybridized carbons (Fsp3) is 0.194. The number of aryl methyl sites for hydroxylation is 1. The van der Waals surface area contributed by atoms with E-state index >= 15 is 0 Å². The van der Waals surface area contributed by atoms with E-state index in [1.807, 2.05) is 24.3 Å². The van der Waals surface area contributed by atoms with Crippen LogP contribution in [0.15, 0.2) is 88.3 Å². The molecule has 1 unspecified atom stereocenters. The molecular weight excluding hydrogens is 655 g/mol. The Labute approximate surface area is 278 Å². The van der Waals surface area contributed by atoms with E-state index in [9.17, 15) is 26.4 Å². The van der Waals surface area contributed by atoms with Crippen molar-refractivity contribution in [2.45, 2.75) is 49.1 Å². The molecule has 0 amide bonds. The lowest BCUT2D eigenvalue weighted by atomic mass is 9.71. The SMILES string of the molecule is Nc1noc2ccc(-n3nc(C(F)(F)F)cc3C(=O)C3Cc4cc(-c5ccccc5S(N)(=O)=O)ccc4-c4ccc5c(c43)CCCC5)cc12. The predicted molar refractivity (Wildman–Crippen MR) is 177 cm³/mol. The van der Waals surface area contributed by atoms with Gasteiger partial charge >= 0.3 is 6.18 Å². The molecule has 0 radical (unpaired) electrons. The number of nitrogens with zero attached hydrogens (tertiary/aromatic N) is 3. The van der Waals surface area contributed by atoms with E-state index in [1.165, 1.54) is 24.3 Å². The number of nitrogens with two attached hydrogens (primary N) is 2. The maximum atomic E-state index is 14.8. The molecule has 0 spiro atoms. The Morgan fingerprint density at radius 2 is 1.67 bits per heavy atom. The number of sulfonamides is 1. The number of benzene rings is 4. The molecule has 0 aliphatic heterocycles. The van der Waals surface area contributed by atoms with Gasteiger partial charge in [-0.25, -0.2) is 18.2 Å². The Morgan fingerprint density at radius 3 is 2.47 bits per heavy atom. The quantitative estimate of drug-likeness (QED) is 0.186. The zero-order chi connectivity index (χ0) is 34.2. The predicted octanol–water partition coefficient (Wildman–Crippen LogP) is 7.00. The molecule has 2 heterocycles. The first-order valence-electron chi connectivity index (χ1n) is 15.7. The van der Waals surface area contributed by atoms with Gasteiger partial charge in [-0.05, 0) is 95.3 Å². The summed E-state index contributed by atoms with van der Waals surface area (Å²) in [5.74, 6) is -1.32. The Kier molecular flexibility index (Phi) is 7.05. The number of hydrogen-bond donors (Lipinski definition) is 2. The Hall–Kier alpha value is -5.27. The molecule has 9 nitrogen and oxygen atoms in total. The average Bonchev–Trinajstić information content (AvgIpc) is 3.71. The molecule has 4 N–H and O–H groups in total. The molecule has 0 bridgehead atoms. The standard InChI is InChI=1S/C36H28F3N5O4S/c37-36(38,39)32-18-29(44(42-32)22-11-14-30-27(17-22)35(40)43-48-30)34(45)28-16-21-15-20(24-6-3-4-8-31(24)49(41,46)47)10-12-23(21)26-13-9-19-5-1-2-7-25(19)33(26)28/h3-4,6,8-15,17-18,28H,1-2,5,7,16H2,(H2,40,43)(H2,41,46,47).